The van der Waals surface area contributed by atoms with Crippen molar-refractivity contribution >= 4 is 29.6 Å². The normalized spacial score (nSPS) is 14.3. The highest BCUT2D eigenvalue weighted by Gasteiger charge is 2.45. The number of esters is 1. The van der Waals surface area contributed by atoms with Crippen LogP contribution in [0.3, 0.4) is 0 Å². The van der Waals surface area contributed by atoms with Crippen LogP contribution in [0.2, 0.25) is 0 Å². The van der Waals surface area contributed by atoms with E-state index in [1.807, 2.05) is 6.92 Å². The maximum atomic E-state index is 12.6. The first-order chi connectivity index (χ1) is 12.7. The third kappa shape index (κ3) is 3.76. The van der Waals surface area contributed by atoms with E-state index < -0.39 is 36.1 Å². The van der Waals surface area contributed by atoms with Gasteiger partial charge in [0.25, 0.3) is 0 Å². The van der Waals surface area contributed by atoms with Gasteiger partial charge in [0.2, 0.25) is 0 Å². The molecule has 0 atom stereocenters. The van der Waals surface area contributed by atoms with Crippen LogP contribution in [0.1, 0.15) is 58.8 Å². The zero-order valence-corrected chi connectivity index (χ0v) is 15.9. The Bertz CT molecular complexity index is 810. The van der Waals surface area contributed by atoms with Crippen LogP contribution in [-0.2, 0) is 14.3 Å². The summed E-state index contributed by atoms with van der Waals surface area (Å²) in [5.74, 6) is -3.07. The third-order valence-corrected chi connectivity index (χ3v) is 4.37. The van der Waals surface area contributed by atoms with E-state index >= 15 is 0 Å². The molecule has 1 aromatic heterocycles. The highest BCUT2D eigenvalue weighted by Crippen LogP contribution is 2.21. The van der Waals surface area contributed by atoms with Gasteiger partial charge < -0.3 is 9.72 Å². The van der Waals surface area contributed by atoms with Gasteiger partial charge in [-0.1, -0.05) is 13.3 Å². The summed E-state index contributed by atoms with van der Waals surface area (Å²) in [6.07, 6.45) is 1.33. The summed E-state index contributed by atoms with van der Waals surface area (Å²) in [6.45, 7) is 6.53. The molecule has 27 heavy (non-hydrogen) atoms. The Balaban J connectivity index is 2.21. The molecule has 1 aliphatic rings. The van der Waals surface area contributed by atoms with E-state index in [9.17, 15) is 24.0 Å². The Morgan fingerprint density at radius 3 is 2.26 bits per heavy atom. The number of amides is 4. The number of carbonyl (C=O) groups excluding carboxylic acids is 5. The van der Waals surface area contributed by atoms with E-state index in [4.69, 9.17) is 4.74 Å². The molecule has 0 spiro atoms. The first-order valence-electron chi connectivity index (χ1n) is 8.81. The van der Waals surface area contributed by atoms with Gasteiger partial charge in [0.1, 0.15) is 0 Å². The second kappa shape index (κ2) is 8.15. The number of hydrogen-bond acceptors (Lipinski definition) is 6. The van der Waals surface area contributed by atoms with E-state index in [0.717, 1.165) is 11.3 Å². The van der Waals surface area contributed by atoms with E-state index in [0.29, 0.717) is 22.6 Å². The average molecular weight is 377 g/mol. The zero-order valence-electron chi connectivity index (χ0n) is 15.9. The van der Waals surface area contributed by atoms with Gasteiger partial charge in [0.05, 0.1) is 24.4 Å². The quantitative estimate of drug-likeness (QED) is 0.318. The maximum absolute atomic E-state index is 12.6. The molecule has 0 aromatic carbocycles. The van der Waals surface area contributed by atoms with Gasteiger partial charge in [-0.25, -0.2) is 14.5 Å². The molecule has 9 heteroatoms. The second-order valence-corrected chi connectivity index (χ2v) is 6.25. The van der Waals surface area contributed by atoms with Crippen molar-refractivity contribution in [1.29, 1.82) is 0 Å². The first-order valence-corrected chi connectivity index (χ1v) is 8.81. The van der Waals surface area contributed by atoms with Crippen molar-refractivity contribution in [2.24, 2.45) is 0 Å². The number of aromatic amines is 1. The fourth-order valence-corrected chi connectivity index (χ4v) is 2.96. The van der Waals surface area contributed by atoms with Crippen molar-refractivity contribution in [1.82, 2.24) is 14.8 Å². The number of urea groups is 1. The van der Waals surface area contributed by atoms with Crippen LogP contribution in [0.4, 0.5) is 4.79 Å². The molecule has 0 aliphatic carbocycles. The van der Waals surface area contributed by atoms with Crippen LogP contribution in [0.15, 0.2) is 0 Å². The molecule has 0 saturated carbocycles. The predicted molar refractivity (Wildman–Crippen MR) is 94.3 cm³/mol. The number of rotatable bonds is 8. The molecule has 0 radical (unpaired) electrons. The number of ether oxygens (including phenoxy) is 1. The Morgan fingerprint density at radius 1 is 1.04 bits per heavy atom. The lowest BCUT2D eigenvalue weighted by Crippen LogP contribution is -2.37. The van der Waals surface area contributed by atoms with Crippen molar-refractivity contribution in [2.45, 2.75) is 40.5 Å². The van der Waals surface area contributed by atoms with Gasteiger partial charge in [-0.3, -0.25) is 19.3 Å². The topological polar surface area (TPSA) is 117 Å². The zero-order chi connectivity index (χ0) is 20.3. The van der Waals surface area contributed by atoms with Crippen molar-refractivity contribution in [2.75, 3.05) is 19.7 Å². The fraction of sp³-hybridized carbons (Fsp3) is 0.500. The smallest absolute Gasteiger partial charge is 0.340 e. The molecule has 1 saturated heterocycles. The molecule has 1 N–H and O–H groups in total. The summed E-state index contributed by atoms with van der Waals surface area (Å²) in [6, 6.07) is -0.793. The minimum absolute atomic E-state index is 0.107. The molecule has 146 valence electrons. The molecule has 0 bridgehead atoms. The van der Waals surface area contributed by atoms with Crippen molar-refractivity contribution in [3.05, 3.63) is 22.5 Å². The number of imide groups is 2. The van der Waals surface area contributed by atoms with E-state index in [2.05, 4.69) is 4.98 Å². The number of nitrogens with one attached hydrogen (secondary N) is 1. The lowest BCUT2D eigenvalue weighted by molar-refractivity contribution is -0.143. The second-order valence-electron chi connectivity index (χ2n) is 6.25. The van der Waals surface area contributed by atoms with Gasteiger partial charge in [-0.2, -0.15) is 0 Å². The highest BCUT2D eigenvalue weighted by atomic mass is 16.5. The van der Waals surface area contributed by atoms with Gasteiger partial charge in [-0.05, 0) is 32.8 Å². The van der Waals surface area contributed by atoms with Crippen LogP contribution in [0, 0.1) is 13.8 Å². The maximum Gasteiger partial charge on any atom is 0.340 e. The fourth-order valence-electron chi connectivity index (χ4n) is 2.96. The number of Topliss-reactive ketones (excluding diaryl/α,β-unsaturated/α-hetero) is 1. The van der Waals surface area contributed by atoms with E-state index in [1.54, 1.807) is 20.8 Å². The highest BCUT2D eigenvalue weighted by molar-refractivity contribution is 6.45. The van der Waals surface area contributed by atoms with Crippen molar-refractivity contribution in [3.8, 4) is 0 Å². The Labute approximate surface area is 156 Å². The number of H-pyrrole nitrogens is 1. The van der Waals surface area contributed by atoms with Gasteiger partial charge in [0.15, 0.2) is 5.78 Å². The molecular weight excluding hydrogens is 354 g/mol. The number of ketones is 1. The number of carbonyl (C=O) groups is 5. The molecule has 0 unspecified atom stereocenters. The van der Waals surface area contributed by atoms with Crippen LogP contribution in [0.5, 0.6) is 0 Å². The summed E-state index contributed by atoms with van der Waals surface area (Å²) in [5, 5.41) is 0. The minimum atomic E-state index is -1.02. The standard InChI is InChI=1S/C18H23N3O6/c1-5-7-8-20-15(23)16(24)21(18(20)26)9-12(22)14-10(3)13(11(4)19-14)17(25)27-6-2/h19H,5-9H2,1-4H3. The van der Waals surface area contributed by atoms with Gasteiger partial charge >= 0.3 is 23.8 Å². The number of aryl methyl sites for hydroxylation is 1. The predicted octanol–water partition coefficient (Wildman–Crippen LogP) is 1.58. The number of nitrogens with zero attached hydrogens (tertiary/aromatic N) is 2. The lowest BCUT2D eigenvalue weighted by atomic mass is 10.1. The Hall–Kier alpha value is -2.97. The van der Waals surface area contributed by atoms with Crippen LogP contribution < -0.4 is 0 Å². The minimum Gasteiger partial charge on any atom is -0.462 e. The van der Waals surface area contributed by atoms with Crippen LogP contribution >= 0.6 is 0 Å². The lowest BCUT2D eigenvalue weighted by Gasteiger charge is -2.14. The monoisotopic (exact) mass is 377 g/mol. The number of unbranched alkanes of at least 4 members (excludes halogenated alkanes) is 1. The Kier molecular flexibility index (Phi) is 6.14. The summed E-state index contributed by atoms with van der Waals surface area (Å²) in [7, 11) is 0. The number of hydrogen-bond donors (Lipinski definition) is 1. The summed E-state index contributed by atoms with van der Waals surface area (Å²) in [4.78, 5) is 65.3. The molecular formula is C18H23N3O6. The SMILES string of the molecule is CCCCN1C(=O)C(=O)N(CC(=O)c2[nH]c(C)c(C(=O)OCC)c2C)C1=O. The molecule has 2 rings (SSSR count). The van der Waals surface area contributed by atoms with Crippen LogP contribution in [0.25, 0.3) is 0 Å². The Morgan fingerprint density at radius 2 is 1.67 bits per heavy atom. The molecule has 9 nitrogen and oxygen atoms in total. The van der Waals surface area contributed by atoms with E-state index in [1.165, 1.54) is 0 Å². The van der Waals surface area contributed by atoms with Gasteiger partial charge in [0, 0.05) is 12.2 Å². The van der Waals surface area contributed by atoms with Crippen LogP contribution in [-0.4, -0.2) is 64.1 Å². The third-order valence-electron chi connectivity index (χ3n) is 4.37. The largest absolute Gasteiger partial charge is 0.462 e. The van der Waals surface area contributed by atoms with Gasteiger partial charge in [-0.15, -0.1) is 0 Å². The molecule has 1 fully saturated rings. The summed E-state index contributed by atoms with van der Waals surface area (Å²) >= 11 is 0. The molecule has 2 heterocycles. The molecule has 4 amide bonds. The summed E-state index contributed by atoms with van der Waals surface area (Å²) < 4.78 is 4.98. The van der Waals surface area contributed by atoms with E-state index in [-0.39, 0.29) is 24.4 Å². The summed E-state index contributed by atoms with van der Waals surface area (Å²) in [5.41, 5.74) is 1.19. The molecule has 1 aromatic rings. The number of aromatic nitrogens is 1. The van der Waals surface area contributed by atoms with Crippen molar-refractivity contribution in [3.63, 3.8) is 0 Å². The average Bonchev–Trinajstić information content (AvgIpc) is 3.02. The first kappa shape index (κ1) is 20.3. The van der Waals surface area contributed by atoms with Crippen molar-refractivity contribution < 1.29 is 28.7 Å². The molecule has 1 aliphatic heterocycles.